The standard InChI is InChI=1S/C13H14F2O3/c1-3-9(8-16)6-10-4-5-11(17-2)12(7-10)18-13(14)15/h4-8,13H,3H2,1-2H3. The molecule has 1 aromatic rings. The van der Waals surface area contributed by atoms with Crippen molar-refractivity contribution < 1.29 is 23.0 Å². The Morgan fingerprint density at radius 1 is 1.39 bits per heavy atom. The first-order valence-electron chi connectivity index (χ1n) is 5.39. The van der Waals surface area contributed by atoms with Crippen LogP contribution in [0.25, 0.3) is 6.08 Å². The molecule has 0 atom stereocenters. The van der Waals surface area contributed by atoms with Crippen molar-refractivity contribution in [2.45, 2.75) is 20.0 Å². The molecule has 0 aliphatic heterocycles. The van der Waals surface area contributed by atoms with Gasteiger partial charge in [-0.2, -0.15) is 8.78 Å². The number of alkyl halides is 2. The van der Waals surface area contributed by atoms with Crippen molar-refractivity contribution in [1.29, 1.82) is 0 Å². The van der Waals surface area contributed by atoms with Gasteiger partial charge in [-0.05, 0) is 35.8 Å². The highest BCUT2D eigenvalue weighted by atomic mass is 19.3. The number of halogens is 2. The van der Waals surface area contributed by atoms with Gasteiger partial charge in [0.2, 0.25) is 0 Å². The van der Waals surface area contributed by atoms with E-state index in [-0.39, 0.29) is 11.5 Å². The van der Waals surface area contributed by atoms with E-state index in [0.29, 0.717) is 17.6 Å². The first-order valence-corrected chi connectivity index (χ1v) is 5.39. The molecule has 0 radical (unpaired) electrons. The van der Waals surface area contributed by atoms with Gasteiger partial charge < -0.3 is 9.47 Å². The van der Waals surface area contributed by atoms with E-state index >= 15 is 0 Å². The largest absolute Gasteiger partial charge is 0.493 e. The Morgan fingerprint density at radius 2 is 2.11 bits per heavy atom. The third-order valence-corrected chi connectivity index (χ3v) is 2.32. The number of rotatable bonds is 6. The molecule has 0 unspecified atom stereocenters. The van der Waals surface area contributed by atoms with Crippen LogP contribution in [0.3, 0.4) is 0 Å². The van der Waals surface area contributed by atoms with Crippen LogP contribution in [0.2, 0.25) is 0 Å². The smallest absolute Gasteiger partial charge is 0.387 e. The predicted molar refractivity (Wildman–Crippen MR) is 64.0 cm³/mol. The highest BCUT2D eigenvalue weighted by Crippen LogP contribution is 2.30. The van der Waals surface area contributed by atoms with Gasteiger partial charge in [-0.15, -0.1) is 0 Å². The third-order valence-electron chi connectivity index (χ3n) is 2.32. The van der Waals surface area contributed by atoms with Crippen LogP contribution in [0.4, 0.5) is 8.78 Å². The summed E-state index contributed by atoms with van der Waals surface area (Å²) in [6.07, 6.45) is 2.92. The van der Waals surface area contributed by atoms with E-state index in [2.05, 4.69) is 4.74 Å². The second-order valence-corrected chi connectivity index (χ2v) is 3.48. The number of aldehydes is 1. The molecule has 0 spiro atoms. The normalized spacial score (nSPS) is 11.5. The summed E-state index contributed by atoms with van der Waals surface area (Å²) in [6, 6.07) is 4.59. The fourth-order valence-electron chi connectivity index (χ4n) is 1.40. The van der Waals surface area contributed by atoms with Gasteiger partial charge in [-0.3, -0.25) is 4.79 Å². The molecule has 98 valence electrons. The molecule has 5 heteroatoms. The Balaban J connectivity index is 3.09. The highest BCUT2D eigenvalue weighted by molar-refractivity contribution is 5.81. The Kier molecular flexibility index (Phi) is 5.30. The summed E-state index contributed by atoms with van der Waals surface area (Å²) >= 11 is 0. The molecule has 0 saturated carbocycles. The quantitative estimate of drug-likeness (QED) is 0.578. The van der Waals surface area contributed by atoms with E-state index in [1.54, 1.807) is 12.1 Å². The molecule has 0 heterocycles. The lowest BCUT2D eigenvalue weighted by Crippen LogP contribution is -2.03. The lowest BCUT2D eigenvalue weighted by molar-refractivity contribution is -0.104. The number of hydrogen-bond donors (Lipinski definition) is 0. The molecule has 0 aliphatic carbocycles. The molecule has 0 N–H and O–H groups in total. The van der Waals surface area contributed by atoms with Gasteiger partial charge in [-0.25, -0.2) is 0 Å². The molecular weight excluding hydrogens is 242 g/mol. The molecule has 0 aromatic heterocycles. The highest BCUT2D eigenvalue weighted by Gasteiger charge is 2.10. The number of carbonyl (C=O) groups is 1. The van der Waals surface area contributed by atoms with Crippen molar-refractivity contribution in [3.63, 3.8) is 0 Å². The number of benzene rings is 1. The number of hydrogen-bond acceptors (Lipinski definition) is 3. The maximum Gasteiger partial charge on any atom is 0.387 e. The average molecular weight is 256 g/mol. The number of carbonyl (C=O) groups excluding carboxylic acids is 1. The summed E-state index contributed by atoms with van der Waals surface area (Å²) in [4.78, 5) is 10.7. The van der Waals surface area contributed by atoms with E-state index in [4.69, 9.17) is 4.74 Å². The lowest BCUT2D eigenvalue weighted by atomic mass is 10.1. The van der Waals surface area contributed by atoms with Crippen LogP contribution in [0.1, 0.15) is 18.9 Å². The third kappa shape index (κ3) is 3.84. The zero-order valence-electron chi connectivity index (χ0n) is 10.2. The first kappa shape index (κ1) is 14.2. The minimum atomic E-state index is -2.92. The van der Waals surface area contributed by atoms with Crippen LogP contribution >= 0.6 is 0 Å². The number of ether oxygens (including phenoxy) is 2. The Bertz CT molecular complexity index is 442. The first-order chi connectivity index (χ1) is 8.60. The van der Waals surface area contributed by atoms with Crippen LogP contribution in [-0.4, -0.2) is 20.0 Å². The van der Waals surface area contributed by atoms with Crippen LogP contribution in [0, 0.1) is 0 Å². The molecule has 0 saturated heterocycles. The number of methoxy groups -OCH3 is 1. The summed E-state index contributed by atoms with van der Waals surface area (Å²) in [5.41, 5.74) is 1.18. The summed E-state index contributed by atoms with van der Waals surface area (Å²) in [5, 5.41) is 0. The van der Waals surface area contributed by atoms with Gasteiger partial charge >= 0.3 is 6.61 Å². The van der Waals surface area contributed by atoms with Gasteiger partial charge in [0.05, 0.1) is 7.11 Å². The van der Waals surface area contributed by atoms with Crippen molar-refractivity contribution in [1.82, 2.24) is 0 Å². The van der Waals surface area contributed by atoms with Gasteiger partial charge in [-0.1, -0.05) is 13.0 Å². The molecule has 0 aliphatic rings. The van der Waals surface area contributed by atoms with Crippen LogP contribution in [-0.2, 0) is 4.79 Å². The molecule has 18 heavy (non-hydrogen) atoms. The fourth-order valence-corrected chi connectivity index (χ4v) is 1.40. The molecule has 1 rings (SSSR count). The van der Waals surface area contributed by atoms with Crippen LogP contribution in [0.5, 0.6) is 11.5 Å². The SMILES string of the molecule is CCC(C=O)=Cc1ccc(OC)c(OC(F)F)c1. The average Bonchev–Trinajstić information content (AvgIpc) is 2.35. The summed E-state index contributed by atoms with van der Waals surface area (Å²) in [7, 11) is 1.37. The molecular formula is C13H14F2O3. The van der Waals surface area contributed by atoms with E-state index in [0.717, 1.165) is 6.29 Å². The van der Waals surface area contributed by atoms with E-state index in [9.17, 15) is 13.6 Å². The predicted octanol–water partition coefficient (Wildman–Crippen LogP) is 3.29. The van der Waals surface area contributed by atoms with Crippen molar-refractivity contribution in [3.8, 4) is 11.5 Å². The summed E-state index contributed by atoms with van der Waals surface area (Å²) < 4.78 is 33.7. The summed E-state index contributed by atoms with van der Waals surface area (Å²) in [5.74, 6) is 0.166. The fraction of sp³-hybridized carbons (Fsp3) is 0.308. The van der Waals surface area contributed by atoms with E-state index in [1.807, 2.05) is 6.92 Å². The number of allylic oxidation sites excluding steroid dienone is 1. The molecule has 0 bridgehead atoms. The van der Waals surface area contributed by atoms with Crippen molar-refractivity contribution in [2.24, 2.45) is 0 Å². The minimum Gasteiger partial charge on any atom is -0.493 e. The van der Waals surface area contributed by atoms with Gasteiger partial charge in [0.1, 0.15) is 6.29 Å². The van der Waals surface area contributed by atoms with Crippen molar-refractivity contribution >= 4 is 12.4 Å². The second kappa shape index (κ2) is 6.74. The van der Waals surface area contributed by atoms with Gasteiger partial charge in [0.15, 0.2) is 11.5 Å². The monoisotopic (exact) mass is 256 g/mol. The molecule has 0 fully saturated rings. The zero-order valence-corrected chi connectivity index (χ0v) is 10.2. The summed E-state index contributed by atoms with van der Waals surface area (Å²) in [6.45, 7) is -1.09. The van der Waals surface area contributed by atoms with Crippen molar-refractivity contribution in [3.05, 3.63) is 29.3 Å². The minimum absolute atomic E-state index is 0.0531. The van der Waals surface area contributed by atoms with Crippen LogP contribution in [0.15, 0.2) is 23.8 Å². The van der Waals surface area contributed by atoms with E-state index in [1.165, 1.54) is 19.2 Å². The lowest BCUT2D eigenvalue weighted by Gasteiger charge is -2.10. The maximum absolute atomic E-state index is 12.2. The maximum atomic E-state index is 12.2. The Hall–Kier alpha value is -1.91. The van der Waals surface area contributed by atoms with Crippen LogP contribution < -0.4 is 9.47 Å². The van der Waals surface area contributed by atoms with Gasteiger partial charge in [0.25, 0.3) is 0 Å². The van der Waals surface area contributed by atoms with E-state index < -0.39 is 6.61 Å². The second-order valence-electron chi connectivity index (χ2n) is 3.48. The Morgan fingerprint density at radius 3 is 2.61 bits per heavy atom. The topological polar surface area (TPSA) is 35.5 Å². The van der Waals surface area contributed by atoms with Crippen molar-refractivity contribution in [2.75, 3.05) is 7.11 Å². The zero-order chi connectivity index (χ0) is 13.5. The molecule has 1 aromatic carbocycles. The molecule has 3 nitrogen and oxygen atoms in total. The molecule has 0 amide bonds. The Labute approximate surface area is 104 Å². The van der Waals surface area contributed by atoms with Gasteiger partial charge in [0, 0.05) is 0 Å².